The Bertz CT molecular complexity index is 816. The number of carbonyl (C=O) groups excluding carboxylic acids is 1. The molecule has 0 saturated carbocycles. The van der Waals surface area contributed by atoms with Crippen LogP contribution in [0.25, 0.3) is 0 Å². The first-order chi connectivity index (χ1) is 11.4. The van der Waals surface area contributed by atoms with E-state index >= 15 is 0 Å². The Morgan fingerprint density at radius 2 is 1.75 bits per heavy atom. The third kappa shape index (κ3) is 3.59. The fourth-order valence-electron chi connectivity index (χ4n) is 2.41. The Hall–Kier alpha value is -2.34. The van der Waals surface area contributed by atoms with Gasteiger partial charge in [0.25, 0.3) is 10.0 Å². The van der Waals surface area contributed by atoms with Crippen molar-refractivity contribution in [2.45, 2.75) is 25.7 Å². The largest absolute Gasteiger partial charge is 0.462 e. The van der Waals surface area contributed by atoms with Crippen LogP contribution in [0, 0.1) is 6.92 Å². The van der Waals surface area contributed by atoms with Crippen molar-refractivity contribution >= 4 is 21.7 Å². The summed E-state index contributed by atoms with van der Waals surface area (Å²) in [5.41, 5.74) is 1.58. The van der Waals surface area contributed by atoms with Crippen molar-refractivity contribution < 1.29 is 17.9 Å². The van der Waals surface area contributed by atoms with Crippen LogP contribution in [0.4, 0.5) is 5.69 Å². The minimum Gasteiger partial charge on any atom is -0.462 e. The van der Waals surface area contributed by atoms with E-state index in [1.54, 1.807) is 62.4 Å². The van der Waals surface area contributed by atoms with Crippen LogP contribution in [-0.4, -0.2) is 27.5 Å². The van der Waals surface area contributed by atoms with E-state index in [9.17, 15) is 13.2 Å². The molecule has 0 aliphatic heterocycles. The van der Waals surface area contributed by atoms with Gasteiger partial charge in [-0.2, -0.15) is 0 Å². The highest BCUT2D eigenvalue weighted by molar-refractivity contribution is 7.92. The van der Waals surface area contributed by atoms with Crippen LogP contribution >= 0.6 is 0 Å². The molecule has 0 N–H and O–H groups in total. The first kappa shape index (κ1) is 18.0. The standard InChI is InChI=1S/C18H21NO4S/c1-4-19(24(21,22)16-9-7-6-8-10-16)17-13-15(12-11-14(17)3)18(20)23-5-2/h6-13H,4-5H2,1-3H3. The second-order valence-electron chi connectivity index (χ2n) is 5.20. The number of ether oxygens (including phenoxy) is 1. The lowest BCUT2D eigenvalue weighted by Crippen LogP contribution is -2.31. The van der Waals surface area contributed by atoms with Gasteiger partial charge in [-0.1, -0.05) is 24.3 Å². The smallest absolute Gasteiger partial charge is 0.338 e. The summed E-state index contributed by atoms with van der Waals surface area (Å²) in [6, 6.07) is 13.2. The van der Waals surface area contributed by atoms with Gasteiger partial charge in [0.1, 0.15) is 0 Å². The van der Waals surface area contributed by atoms with Crippen molar-refractivity contribution in [3.63, 3.8) is 0 Å². The molecule has 0 bridgehead atoms. The van der Waals surface area contributed by atoms with Gasteiger partial charge >= 0.3 is 5.97 Å². The van der Waals surface area contributed by atoms with Gasteiger partial charge in [-0.05, 0) is 50.6 Å². The highest BCUT2D eigenvalue weighted by Gasteiger charge is 2.25. The van der Waals surface area contributed by atoms with Gasteiger partial charge in [0.05, 0.1) is 22.8 Å². The molecule has 0 aliphatic rings. The molecule has 0 unspecified atom stereocenters. The van der Waals surface area contributed by atoms with Crippen LogP contribution in [0.15, 0.2) is 53.4 Å². The molecule has 0 radical (unpaired) electrons. The number of hydrogen-bond acceptors (Lipinski definition) is 4. The van der Waals surface area contributed by atoms with Crippen molar-refractivity contribution in [2.24, 2.45) is 0 Å². The third-order valence-corrected chi connectivity index (χ3v) is 5.51. The summed E-state index contributed by atoms with van der Waals surface area (Å²) in [5.74, 6) is -0.466. The summed E-state index contributed by atoms with van der Waals surface area (Å²) in [4.78, 5) is 12.2. The van der Waals surface area contributed by atoms with E-state index in [0.717, 1.165) is 5.56 Å². The molecule has 2 aromatic carbocycles. The third-order valence-electron chi connectivity index (χ3n) is 3.61. The van der Waals surface area contributed by atoms with Crippen molar-refractivity contribution in [3.8, 4) is 0 Å². The average Bonchev–Trinajstić information content (AvgIpc) is 2.58. The molecule has 6 heteroatoms. The van der Waals surface area contributed by atoms with Gasteiger partial charge < -0.3 is 4.74 Å². The maximum Gasteiger partial charge on any atom is 0.338 e. The molecule has 0 aromatic heterocycles. The number of benzene rings is 2. The van der Waals surface area contributed by atoms with Crippen LogP contribution in [0.1, 0.15) is 29.8 Å². The summed E-state index contributed by atoms with van der Waals surface area (Å²) in [7, 11) is -3.70. The fraction of sp³-hybridized carbons (Fsp3) is 0.278. The van der Waals surface area contributed by atoms with Gasteiger partial charge in [-0.25, -0.2) is 13.2 Å². The average molecular weight is 347 g/mol. The summed E-state index contributed by atoms with van der Waals surface area (Å²) in [6.45, 7) is 5.82. The molecular weight excluding hydrogens is 326 g/mol. The normalized spacial score (nSPS) is 11.1. The minimum absolute atomic E-state index is 0.216. The van der Waals surface area contributed by atoms with Crippen LogP contribution < -0.4 is 4.31 Å². The molecule has 24 heavy (non-hydrogen) atoms. The number of carbonyl (C=O) groups is 1. The molecule has 0 fully saturated rings. The quantitative estimate of drug-likeness (QED) is 0.752. The molecule has 0 saturated heterocycles. The second-order valence-corrected chi connectivity index (χ2v) is 7.07. The topological polar surface area (TPSA) is 63.7 Å². The maximum absolute atomic E-state index is 12.9. The fourth-order valence-corrected chi connectivity index (χ4v) is 3.96. The zero-order chi connectivity index (χ0) is 17.7. The Balaban J connectivity index is 2.51. The van der Waals surface area contributed by atoms with E-state index in [4.69, 9.17) is 4.74 Å². The van der Waals surface area contributed by atoms with E-state index < -0.39 is 16.0 Å². The van der Waals surface area contributed by atoms with E-state index in [2.05, 4.69) is 0 Å². The van der Waals surface area contributed by atoms with Crippen LogP contribution in [0.5, 0.6) is 0 Å². The van der Waals surface area contributed by atoms with Crippen LogP contribution in [0.3, 0.4) is 0 Å². The van der Waals surface area contributed by atoms with Gasteiger partial charge in [0, 0.05) is 6.54 Å². The van der Waals surface area contributed by atoms with Gasteiger partial charge in [0.15, 0.2) is 0 Å². The first-order valence-electron chi connectivity index (χ1n) is 7.77. The molecular formula is C18H21NO4S. The number of anilines is 1. The monoisotopic (exact) mass is 347 g/mol. The first-order valence-corrected chi connectivity index (χ1v) is 9.21. The number of sulfonamides is 1. The molecule has 0 spiro atoms. The number of hydrogen-bond donors (Lipinski definition) is 0. The maximum atomic E-state index is 12.9. The van der Waals surface area contributed by atoms with E-state index in [1.807, 2.05) is 6.92 Å². The molecule has 2 aromatic rings. The van der Waals surface area contributed by atoms with E-state index in [0.29, 0.717) is 11.3 Å². The zero-order valence-corrected chi connectivity index (χ0v) is 14.8. The number of nitrogens with zero attached hydrogens (tertiary/aromatic N) is 1. The van der Waals surface area contributed by atoms with Crippen molar-refractivity contribution in [1.82, 2.24) is 0 Å². The molecule has 0 amide bonds. The summed E-state index contributed by atoms with van der Waals surface area (Å²) < 4.78 is 32.2. The lowest BCUT2D eigenvalue weighted by Gasteiger charge is -2.25. The lowest BCUT2D eigenvalue weighted by molar-refractivity contribution is 0.0526. The van der Waals surface area contributed by atoms with Gasteiger partial charge in [-0.15, -0.1) is 0 Å². The van der Waals surface area contributed by atoms with Crippen LogP contribution in [0.2, 0.25) is 0 Å². The lowest BCUT2D eigenvalue weighted by atomic mass is 10.1. The van der Waals surface area contributed by atoms with Crippen molar-refractivity contribution in [2.75, 3.05) is 17.5 Å². The molecule has 0 heterocycles. The molecule has 128 valence electrons. The number of aryl methyl sites for hydroxylation is 1. The number of esters is 1. The molecule has 2 rings (SSSR count). The Morgan fingerprint density at radius 1 is 1.08 bits per heavy atom. The summed E-state index contributed by atoms with van der Waals surface area (Å²) in [6.07, 6.45) is 0. The predicted molar refractivity (Wildman–Crippen MR) is 93.8 cm³/mol. The molecule has 5 nitrogen and oxygen atoms in total. The van der Waals surface area contributed by atoms with Crippen molar-refractivity contribution in [1.29, 1.82) is 0 Å². The predicted octanol–water partition coefficient (Wildman–Crippen LogP) is 3.39. The van der Waals surface area contributed by atoms with Crippen LogP contribution in [-0.2, 0) is 14.8 Å². The highest BCUT2D eigenvalue weighted by Crippen LogP contribution is 2.28. The Morgan fingerprint density at radius 3 is 2.33 bits per heavy atom. The van der Waals surface area contributed by atoms with Crippen molar-refractivity contribution in [3.05, 3.63) is 59.7 Å². The Kier molecular flexibility index (Phi) is 5.62. The zero-order valence-electron chi connectivity index (χ0n) is 14.0. The summed E-state index contributed by atoms with van der Waals surface area (Å²) >= 11 is 0. The second kappa shape index (κ2) is 7.49. The van der Waals surface area contributed by atoms with Gasteiger partial charge in [0.2, 0.25) is 0 Å². The van der Waals surface area contributed by atoms with E-state index in [-0.39, 0.29) is 18.0 Å². The van der Waals surface area contributed by atoms with Gasteiger partial charge in [-0.3, -0.25) is 4.31 Å². The number of rotatable bonds is 6. The highest BCUT2D eigenvalue weighted by atomic mass is 32.2. The molecule has 0 aliphatic carbocycles. The minimum atomic E-state index is -3.70. The van der Waals surface area contributed by atoms with E-state index in [1.165, 1.54) is 4.31 Å². The molecule has 0 atom stereocenters. The SMILES string of the molecule is CCOC(=O)c1ccc(C)c(N(CC)S(=O)(=O)c2ccccc2)c1. The Labute approximate surface area is 142 Å². The summed E-state index contributed by atoms with van der Waals surface area (Å²) in [5, 5.41) is 0.